The Morgan fingerprint density at radius 1 is 1.04 bits per heavy atom. The molecular weight excluding hydrogens is 328 g/mol. The smallest absolute Gasteiger partial charge is 0.272 e. The number of ether oxygens (including phenoxy) is 1. The van der Waals surface area contributed by atoms with Gasteiger partial charge in [0, 0.05) is 38.1 Å². The first-order valence-electron chi connectivity index (χ1n) is 9.25. The van der Waals surface area contributed by atoms with Crippen LogP contribution in [0.5, 0.6) is 0 Å². The number of nitrogens with zero attached hydrogens (tertiary/aromatic N) is 3. The molecule has 0 unspecified atom stereocenters. The van der Waals surface area contributed by atoms with Gasteiger partial charge in [0.1, 0.15) is 5.69 Å². The summed E-state index contributed by atoms with van der Waals surface area (Å²) in [6, 6.07) is 12.0. The fourth-order valence-corrected chi connectivity index (χ4v) is 3.52. The number of rotatable bonds is 4. The number of hydrogen-bond acceptors (Lipinski definition) is 5. The van der Waals surface area contributed by atoms with E-state index in [1.165, 1.54) is 0 Å². The van der Waals surface area contributed by atoms with E-state index in [0.717, 1.165) is 69.3 Å². The number of benzene rings is 1. The first kappa shape index (κ1) is 16.8. The Kier molecular flexibility index (Phi) is 5.02. The summed E-state index contributed by atoms with van der Waals surface area (Å²) in [6.45, 7) is 4.92. The maximum atomic E-state index is 12.6. The molecule has 6 heteroatoms. The van der Waals surface area contributed by atoms with Crippen LogP contribution >= 0.6 is 0 Å². The van der Waals surface area contributed by atoms with E-state index in [4.69, 9.17) is 4.74 Å². The van der Waals surface area contributed by atoms with E-state index in [0.29, 0.717) is 5.69 Å². The molecule has 136 valence electrons. The highest BCUT2D eigenvalue weighted by Crippen LogP contribution is 2.29. The van der Waals surface area contributed by atoms with E-state index in [2.05, 4.69) is 27.3 Å². The minimum atomic E-state index is 0.0209. The van der Waals surface area contributed by atoms with Gasteiger partial charge in [-0.15, -0.1) is 0 Å². The van der Waals surface area contributed by atoms with E-state index in [1.807, 2.05) is 29.2 Å². The van der Waals surface area contributed by atoms with Crippen LogP contribution < -0.4 is 10.2 Å². The molecule has 2 aliphatic heterocycles. The lowest BCUT2D eigenvalue weighted by molar-refractivity contribution is 0.0787. The number of nitrogens with one attached hydrogen (secondary N) is 1. The molecule has 1 amide bonds. The molecule has 0 atom stereocenters. The van der Waals surface area contributed by atoms with Crippen LogP contribution in [0.25, 0.3) is 0 Å². The fraction of sp³-hybridized carbons (Fsp3) is 0.400. The van der Waals surface area contributed by atoms with Crippen molar-refractivity contribution >= 4 is 23.0 Å². The van der Waals surface area contributed by atoms with Gasteiger partial charge in [0.25, 0.3) is 5.91 Å². The van der Waals surface area contributed by atoms with Gasteiger partial charge in [0.2, 0.25) is 0 Å². The average Bonchev–Trinajstić information content (AvgIpc) is 3.24. The summed E-state index contributed by atoms with van der Waals surface area (Å²) in [5.41, 5.74) is 3.56. The normalized spacial score (nSPS) is 17.4. The number of carbonyl (C=O) groups is 1. The third kappa shape index (κ3) is 3.65. The van der Waals surface area contributed by atoms with E-state index >= 15 is 0 Å². The predicted molar refractivity (Wildman–Crippen MR) is 102 cm³/mol. The number of aromatic nitrogens is 1. The Balaban J connectivity index is 1.54. The topological polar surface area (TPSA) is 57.7 Å². The molecule has 0 saturated carbocycles. The lowest BCUT2D eigenvalue weighted by Gasteiger charge is -2.30. The monoisotopic (exact) mass is 352 g/mol. The number of hydrogen-bond donors (Lipinski definition) is 1. The van der Waals surface area contributed by atoms with Crippen LogP contribution in [0.2, 0.25) is 0 Å². The summed E-state index contributed by atoms with van der Waals surface area (Å²) in [6.07, 6.45) is 3.86. The number of morpholine rings is 1. The molecule has 2 aromatic rings. The molecule has 1 aromatic carbocycles. The van der Waals surface area contributed by atoms with Crippen molar-refractivity contribution < 1.29 is 9.53 Å². The molecule has 2 fully saturated rings. The number of para-hydroxylation sites is 2. The molecule has 2 saturated heterocycles. The highest BCUT2D eigenvalue weighted by Gasteiger charge is 2.21. The maximum Gasteiger partial charge on any atom is 0.272 e. The van der Waals surface area contributed by atoms with Crippen LogP contribution in [0.4, 0.5) is 17.1 Å². The zero-order valence-corrected chi connectivity index (χ0v) is 14.9. The van der Waals surface area contributed by atoms with Crippen molar-refractivity contribution in [3.8, 4) is 0 Å². The molecule has 6 nitrogen and oxygen atoms in total. The van der Waals surface area contributed by atoms with Crippen LogP contribution in [0.1, 0.15) is 23.3 Å². The van der Waals surface area contributed by atoms with E-state index < -0.39 is 0 Å². The molecule has 4 rings (SSSR count). The Labute approximate surface area is 153 Å². The Morgan fingerprint density at radius 2 is 1.81 bits per heavy atom. The first-order valence-corrected chi connectivity index (χ1v) is 9.25. The maximum absolute atomic E-state index is 12.6. The van der Waals surface area contributed by atoms with Gasteiger partial charge in [0.05, 0.1) is 24.6 Å². The van der Waals surface area contributed by atoms with Crippen LogP contribution in [-0.4, -0.2) is 55.2 Å². The minimum absolute atomic E-state index is 0.0209. The van der Waals surface area contributed by atoms with Crippen LogP contribution in [0.15, 0.2) is 42.6 Å². The Hall–Kier alpha value is -2.60. The molecule has 26 heavy (non-hydrogen) atoms. The van der Waals surface area contributed by atoms with Gasteiger partial charge in [0.15, 0.2) is 0 Å². The molecule has 2 aliphatic rings. The molecule has 0 radical (unpaired) electrons. The molecular formula is C20H24N4O2. The summed E-state index contributed by atoms with van der Waals surface area (Å²) in [7, 11) is 0. The molecule has 0 aliphatic carbocycles. The van der Waals surface area contributed by atoms with Gasteiger partial charge in [-0.3, -0.25) is 9.78 Å². The second kappa shape index (κ2) is 7.74. The standard InChI is InChI=1S/C20H24N4O2/c25-20(24-9-3-4-10-24)18-15-16(7-8-21-18)22-17-5-1-2-6-19(17)23-11-13-26-14-12-23/h1-2,5-8,15H,3-4,9-14H2,(H,21,22). The first-order chi connectivity index (χ1) is 12.8. The Morgan fingerprint density at radius 3 is 2.62 bits per heavy atom. The minimum Gasteiger partial charge on any atom is -0.378 e. The lowest BCUT2D eigenvalue weighted by atomic mass is 10.2. The zero-order chi connectivity index (χ0) is 17.8. The number of likely N-dealkylation sites (tertiary alicyclic amines) is 1. The van der Waals surface area contributed by atoms with Crippen molar-refractivity contribution in [1.29, 1.82) is 0 Å². The third-order valence-electron chi connectivity index (χ3n) is 4.91. The SMILES string of the molecule is O=C(c1cc(Nc2ccccc2N2CCOCC2)ccn1)N1CCCC1. The van der Waals surface area contributed by atoms with Crippen molar-refractivity contribution in [2.45, 2.75) is 12.8 Å². The molecule has 1 aromatic heterocycles. The predicted octanol–water partition coefficient (Wildman–Crippen LogP) is 2.90. The fourth-order valence-electron chi connectivity index (χ4n) is 3.52. The van der Waals surface area contributed by atoms with E-state index in [-0.39, 0.29) is 5.91 Å². The zero-order valence-electron chi connectivity index (χ0n) is 14.9. The van der Waals surface area contributed by atoms with Crippen LogP contribution in [0.3, 0.4) is 0 Å². The van der Waals surface area contributed by atoms with Gasteiger partial charge in [-0.05, 0) is 37.1 Å². The highest BCUT2D eigenvalue weighted by molar-refractivity contribution is 5.93. The van der Waals surface area contributed by atoms with Crippen LogP contribution in [-0.2, 0) is 4.74 Å². The third-order valence-corrected chi connectivity index (χ3v) is 4.91. The summed E-state index contributed by atoms with van der Waals surface area (Å²) in [5, 5.41) is 3.46. The van der Waals surface area contributed by atoms with E-state index in [1.54, 1.807) is 6.20 Å². The van der Waals surface area contributed by atoms with Crippen molar-refractivity contribution in [2.75, 3.05) is 49.6 Å². The highest BCUT2D eigenvalue weighted by atomic mass is 16.5. The van der Waals surface area contributed by atoms with Crippen LogP contribution in [0, 0.1) is 0 Å². The van der Waals surface area contributed by atoms with Gasteiger partial charge in [-0.1, -0.05) is 12.1 Å². The average molecular weight is 352 g/mol. The summed E-state index contributed by atoms with van der Waals surface area (Å²) in [4.78, 5) is 21.1. The molecule has 0 spiro atoms. The molecule has 1 N–H and O–H groups in total. The van der Waals surface area contributed by atoms with E-state index in [9.17, 15) is 4.79 Å². The number of amides is 1. The number of carbonyl (C=O) groups excluding carboxylic acids is 1. The quantitative estimate of drug-likeness (QED) is 0.917. The second-order valence-electron chi connectivity index (χ2n) is 6.67. The summed E-state index contributed by atoms with van der Waals surface area (Å²) >= 11 is 0. The number of anilines is 3. The largest absolute Gasteiger partial charge is 0.378 e. The molecule has 0 bridgehead atoms. The lowest BCUT2D eigenvalue weighted by Crippen LogP contribution is -2.36. The summed E-state index contributed by atoms with van der Waals surface area (Å²) in [5.74, 6) is 0.0209. The second-order valence-corrected chi connectivity index (χ2v) is 6.67. The molecule has 3 heterocycles. The van der Waals surface area contributed by atoms with Gasteiger partial charge < -0.3 is 19.9 Å². The van der Waals surface area contributed by atoms with Gasteiger partial charge >= 0.3 is 0 Å². The van der Waals surface area contributed by atoms with Crippen molar-refractivity contribution in [3.05, 3.63) is 48.3 Å². The van der Waals surface area contributed by atoms with Gasteiger partial charge in [-0.25, -0.2) is 0 Å². The van der Waals surface area contributed by atoms with Crippen molar-refractivity contribution in [3.63, 3.8) is 0 Å². The van der Waals surface area contributed by atoms with Crippen molar-refractivity contribution in [1.82, 2.24) is 9.88 Å². The number of pyridine rings is 1. The summed E-state index contributed by atoms with van der Waals surface area (Å²) < 4.78 is 5.46. The Bertz CT molecular complexity index is 768. The van der Waals surface area contributed by atoms with Crippen molar-refractivity contribution in [2.24, 2.45) is 0 Å². The van der Waals surface area contributed by atoms with Gasteiger partial charge in [-0.2, -0.15) is 0 Å².